The molecule has 5 N–H and O–H groups in total. The normalized spacial score (nSPS) is 13.5. The van der Waals surface area contributed by atoms with Gasteiger partial charge in [-0.1, -0.05) is 20.7 Å². The zero-order valence-electron chi connectivity index (χ0n) is 14.6. The highest BCUT2D eigenvalue weighted by Gasteiger charge is 2.24. The summed E-state index contributed by atoms with van der Waals surface area (Å²) in [5.74, 6) is -4.09. The van der Waals surface area contributed by atoms with Gasteiger partial charge >= 0.3 is 0 Å². The monoisotopic (exact) mass is 513 g/mol. The first-order valence-corrected chi connectivity index (χ1v) is 10.6. The van der Waals surface area contributed by atoms with Gasteiger partial charge in [0, 0.05) is 22.7 Å². The summed E-state index contributed by atoms with van der Waals surface area (Å²) in [5.41, 5.74) is 0.899. The minimum atomic E-state index is -1.36. The highest BCUT2D eigenvalue weighted by Crippen LogP contribution is 2.29. The van der Waals surface area contributed by atoms with Crippen LogP contribution in [0.25, 0.3) is 0 Å². The number of aliphatic hydroxyl groups is 2. The third-order valence-corrected chi connectivity index (χ3v) is 5.15. The van der Waals surface area contributed by atoms with Crippen LogP contribution in [0.5, 0.6) is 0 Å². The van der Waals surface area contributed by atoms with Gasteiger partial charge in [-0.15, -0.1) is 0 Å². The molecule has 0 atom stereocenters. The maximum absolute atomic E-state index is 14.7. The van der Waals surface area contributed by atoms with Gasteiger partial charge in [-0.2, -0.15) is 0 Å². The lowest BCUT2D eigenvalue weighted by atomic mass is 10.1. The van der Waals surface area contributed by atoms with Crippen molar-refractivity contribution in [2.75, 3.05) is 31.7 Å². The standard InChI is InChI=1S/C17H19F3IN3O4/c18-12-8-21-2-1-13(12)23-16-11(17(27)24-28-6-5-26)7-10(9-22-3-4-25)14(19)15(16)20/h1-2,7-8,22-23,25-26H,3-6,9H2,(H,24,27). The summed E-state index contributed by atoms with van der Waals surface area (Å²) in [6.07, 6.45) is 1.40. The Balaban J connectivity index is 2.42. The first-order chi connectivity index (χ1) is 13.5. The van der Waals surface area contributed by atoms with E-state index in [1.54, 1.807) is 4.08 Å². The second-order valence-electron chi connectivity index (χ2n) is 5.40. The Morgan fingerprint density at radius 3 is 2.64 bits per heavy atom. The lowest BCUT2D eigenvalue weighted by Crippen LogP contribution is -2.27. The largest absolute Gasteiger partial charge is 0.395 e. The molecule has 1 amide bonds. The number of carbonyl (C=O) groups is 1. The minimum absolute atomic E-state index is 0.0965. The molecule has 0 saturated heterocycles. The van der Waals surface area contributed by atoms with Gasteiger partial charge in [-0.05, 0) is 16.2 Å². The highest BCUT2D eigenvalue weighted by atomic mass is 127. The van der Waals surface area contributed by atoms with Crippen LogP contribution in [0, 0.1) is 11.6 Å². The maximum Gasteiger partial charge on any atom is 0.277 e. The van der Waals surface area contributed by atoms with Crippen molar-refractivity contribution < 1.29 is 33.0 Å². The number of hydrogen-bond donors (Lipinski definition) is 5. The number of hydroxylamine groups is 1. The van der Waals surface area contributed by atoms with Crippen LogP contribution in [-0.4, -0.2) is 46.5 Å². The van der Waals surface area contributed by atoms with Gasteiger partial charge in [-0.25, -0.2) is 18.7 Å². The minimum Gasteiger partial charge on any atom is -0.395 e. The number of benzene rings is 1. The quantitative estimate of drug-likeness (QED) is 0.185. The van der Waals surface area contributed by atoms with Crippen molar-refractivity contribution >= 4 is 36.3 Å². The fourth-order valence-corrected chi connectivity index (χ4v) is 3.62. The van der Waals surface area contributed by atoms with E-state index < -0.39 is 49.8 Å². The summed E-state index contributed by atoms with van der Waals surface area (Å²) in [6.45, 7) is -0.767. The number of anilines is 1. The van der Waals surface area contributed by atoms with E-state index in [9.17, 15) is 18.0 Å². The third kappa shape index (κ3) is 5.85. The van der Waals surface area contributed by atoms with Gasteiger partial charge in [-0.3, -0.25) is 9.63 Å². The average Bonchev–Trinajstić information content (AvgIpc) is 2.69. The Labute approximate surface area is 169 Å². The maximum atomic E-state index is 14.7. The van der Waals surface area contributed by atoms with E-state index >= 15 is 0 Å². The molecular formula is C17H19F3IN3O4. The molecule has 2 rings (SSSR count). The van der Waals surface area contributed by atoms with Gasteiger partial charge in [0.1, 0.15) is 0 Å². The molecular weight excluding hydrogens is 494 g/mol. The van der Waals surface area contributed by atoms with E-state index in [0.29, 0.717) is 0 Å². The zero-order valence-corrected chi connectivity index (χ0v) is 16.7. The number of carbonyl (C=O) groups excluding carboxylic acids is 1. The van der Waals surface area contributed by atoms with E-state index in [-0.39, 0.29) is 49.7 Å². The van der Waals surface area contributed by atoms with Crippen molar-refractivity contribution in [1.82, 2.24) is 10.8 Å². The molecule has 154 valence electrons. The summed E-state index contributed by atoms with van der Waals surface area (Å²) < 4.78 is 46.2. The van der Waals surface area contributed by atoms with Gasteiger partial charge in [0.05, 0.1) is 36.8 Å². The number of rotatable bonds is 10. The molecule has 1 heterocycles. The molecule has 0 aromatic heterocycles. The number of aliphatic hydroxyl groups excluding tert-OH is 2. The molecule has 0 fully saturated rings. The van der Waals surface area contributed by atoms with Crippen molar-refractivity contribution in [2.24, 2.45) is 0 Å². The molecule has 0 radical (unpaired) electrons. The lowest BCUT2D eigenvalue weighted by Gasteiger charge is -2.17. The van der Waals surface area contributed by atoms with Crippen molar-refractivity contribution in [1.29, 1.82) is 0 Å². The van der Waals surface area contributed by atoms with Gasteiger partial charge in [0.2, 0.25) is 0 Å². The van der Waals surface area contributed by atoms with E-state index in [0.717, 1.165) is 6.07 Å². The number of allylic oxidation sites excluding steroid dienone is 2. The van der Waals surface area contributed by atoms with E-state index in [2.05, 4.69) is 10.6 Å². The SMILES string of the molecule is O=C(NOCCO)c1cc(CNCCO)c(F)c(F)c1NC1=C(F)C=IC=C1. The van der Waals surface area contributed by atoms with Crippen molar-refractivity contribution in [3.05, 3.63) is 50.5 Å². The molecule has 1 aromatic rings. The number of halogens is 4. The first kappa shape index (κ1) is 22.5. The molecule has 1 aliphatic rings. The van der Waals surface area contributed by atoms with Crippen molar-refractivity contribution in [2.45, 2.75) is 6.54 Å². The van der Waals surface area contributed by atoms with Crippen LogP contribution in [0.2, 0.25) is 0 Å². The summed E-state index contributed by atoms with van der Waals surface area (Å²) in [6, 6.07) is 1.10. The van der Waals surface area contributed by atoms with Gasteiger partial charge in [0.25, 0.3) is 5.91 Å². The Kier molecular flexibility index (Phi) is 9.05. The lowest BCUT2D eigenvalue weighted by molar-refractivity contribution is 0.0168. The molecule has 0 unspecified atom stereocenters. The number of nitrogens with one attached hydrogen (secondary N) is 3. The van der Waals surface area contributed by atoms with E-state index in [1.165, 1.54) is 10.1 Å². The molecule has 0 bridgehead atoms. The van der Waals surface area contributed by atoms with Crippen molar-refractivity contribution in [3.8, 4) is 0 Å². The van der Waals surface area contributed by atoms with E-state index in [4.69, 9.17) is 15.1 Å². The van der Waals surface area contributed by atoms with Crippen LogP contribution < -0.4 is 16.1 Å². The zero-order chi connectivity index (χ0) is 20.5. The summed E-state index contributed by atoms with van der Waals surface area (Å²) in [4.78, 5) is 17.1. The molecule has 7 nitrogen and oxygen atoms in total. The predicted molar refractivity (Wildman–Crippen MR) is 107 cm³/mol. The smallest absolute Gasteiger partial charge is 0.277 e. The Bertz CT molecular complexity index is 815. The fourth-order valence-electron chi connectivity index (χ4n) is 2.19. The van der Waals surface area contributed by atoms with Crippen LogP contribution in [-0.2, 0) is 11.4 Å². The second-order valence-corrected chi connectivity index (χ2v) is 7.47. The molecule has 1 aromatic carbocycles. The topological polar surface area (TPSA) is 103 Å². The highest BCUT2D eigenvalue weighted by molar-refractivity contribution is 14.2. The predicted octanol–water partition coefficient (Wildman–Crippen LogP) is 1.59. The Morgan fingerprint density at radius 1 is 1.18 bits per heavy atom. The third-order valence-electron chi connectivity index (χ3n) is 3.47. The van der Waals surface area contributed by atoms with Crippen LogP contribution in [0.15, 0.2) is 27.7 Å². The Hall–Kier alpha value is -1.80. The second kappa shape index (κ2) is 11.3. The summed E-state index contributed by atoms with van der Waals surface area (Å²) >= 11 is -0.587. The fraction of sp³-hybridized carbons (Fsp3) is 0.294. The average molecular weight is 513 g/mol. The molecule has 0 aliphatic carbocycles. The molecule has 28 heavy (non-hydrogen) atoms. The van der Waals surface area contributed by atoms with Gasteiger partial charge < -0.3 is 20.8 Å². The van der Waals surface area contributed by atoms with Crippen LogP contribution in [0.1, 0.15) is 15.9 Å². The first-order valence-electron chi connectivity index (χ1n) is 8.13. The molecule has 1 aliphatic heterocycles. The summed E-state index contributed by atoms with van der Waals surface area (Å²) in [7, 11) is 0. The van der Waals surface area contributed by atoms with Crippen LogP contribution in [0.3, 0.4) is 0 Å². The van der Waals surface area contributed by atoms with E-state index in [1.807, 2.05) is 5.48 Å². The molecule has 0 spiro atoms. The van der Waals surface area contributed by atoms with Crippen LogP contribution >= 0.6 is 20.7 Å². The number of hydrogen-bond acceptors (Lipinski definition) is 6. The van der Waals surface area contributed by atoms with Crippen molar-refractivity contribution in [3.63, 3.8) is 0 Å². The molecule has 0 saturated carbocycles. The number of amides is 1. The summed E-state index contributed by atoms with van der Waals surface area (Å²) in [5, 5.41) is 22.6. The molecule has 11 heteroatoms. The Morgan fingerprint density at radius 2 is 1.96 bits per heavy atom. The van der Waals surface area contributed by atoms with Crippen LogP contribution in [0.4, 0.5) is 18.9 Å². The van der Waals surface area contributed by atoms with Gasteiger partial charge in [0.15, 0.2) is 17.5 Å².